The lowest BCUT2D eigenvalue weighted by Crippen LogP contribution is -2.21. The molecular weight excluding hydrogens is 350 g/mol. The molecule has 0 saturated carbocycles. The van der Waals surface area contributed by atoms with E-state index >= 15 is 0 Å². The van der Waals surface area contributed by atoms with Crippen LogP contribution in [0.1, 0.15) is 24.2 Å². The number of nitrogens with one attached hydrogen (secondary N) is 1. The average Bonchev–Trinajstić information content (AvgIpc) is 2.68. The zero-order valence-corrected chi connectivity index (χ0v) is 15.6. The highest BCUT2D eigenvalue weighted by molar-refractivity contribution is 5.95. The van der Waals surface area contributed by atoms with Gasteiger partial charge in [0.25, 0.3) is 5.91 Å². The van der Waals surface area contributed by atoms with Gasteiger partial charge in [-0.1, -0.05) is 0 Å². The smallest absolute Gasteiger partial charge is 0.338 e. The van der Waals surface area contributed by atoms with Gasteiger partial charge >= 0.3 is 5.97 Å². The van der Waals surface area contributed by atoms with Crippen molar-refractivity contribution in [1.29, 1.82) is 0 Å². The van der Waals surface area contributed by atoms with E-state index in [1.54, 1.807) is 43.5 Å². The molecule has 2 rings (SSSR count). The molecule has 0 heterocycles. The van der Waals surface area contributed by atoms with Gasteiger partial charge in [-0.15, -0.1) is 0 Å². The molecule has 7 heteroatoms. The van der Waals surface area contributed by atoms with Crippen molar-refractivity contribution in [2.45, 2.75) is 13.8 Å². The molecule has 2 aromatic carbocycles. The highest BCUT2D eigenvalue weighted by Crippen LogP contribution is 2.28. The maximum absolute atomic E-state index is 12.2. The van der Waals surface area contributed by atoms with Crippen molar-refractivity contribution in [2.24, 2.45) is 0 Å². The molecule has 0 bridgehead atoms. The van der Waals surface area contributed by atoms with Crippen LogP contribution in [0.5, 0.6) is 17.2 Å². The monoisotopic (exact) mass is 373 g/mol. The standard InChI is InChI=1S/C20H23NO6/c1-4-25-17-11-6-14(12-18(17)26-5-2)20(23)27-13-19(22)21-15-7-9-16(24-3)10-8-15/h6-12H,4-5,13H2,1-3H3,(H,21,22). The molecular formula is C20H23NO6. The van der Waals surface area contributed by atoms with Crippen molar-refractivity contribution < 1.29 is 28.5 Å². The summed E-state index contributed by atoms with van der Waals surface area (Å²) in [6, 6.07) is 11.6. The zero-order chi connectivity index (χ0) is 19.6. The summed E-state index contributed by atoms with van der Waals surface area (Å²) < 4.78 is 21.1. The van der Waals surface area contributed by atoms with Gasteiger partial charge in [-0.05, 0) is 56.3 Å². The minimum Gasteiger partial charge on any atom is -0.497 e. The van der Waals surface area contributed by atoms with Gasteiger partial charge in [0.1, 0.15) is 5.75 Å². The summed E-state index contributed by atoms with van der Waals surface area (Å²) in [5, 5.41) is 2.64. The van der Waals surface area contributed by atoms with Crippen molar-refractivity contribution in [2.75, 3.05) is 32.2 Å². The summed E-state index contributed by atoms with van der Waals surface area (Å²) in [5.74, 6) is 0.623. The first kappa shape index (κ1) is 20.1. The van der Waals surface area contributed by atoms with Crippen LogP contribution in [0.15, 0.2) is 42.5 Å². The highest BCUT2D eigenvalue weighted by atomic mass is 16.5. The topological polar surface area (TPSA) is 83.1 Å². The van der Waals surface area contributed by atoms with Crippen LogP contribution in [0.4, 0.5) is 5.69 Å². The first-order valence-corrected chi connectivity index (χ1v) is 8.58. The predicted octanol–water partition coefficient (Wildman–Crippen LogP) is 3.29. The van der Waals surface area contributed by atoms with Gasteiger partial charge in [0.2, 0.25) is 0 Å². The molecule has 7 nitrogen and oxygen atoms in total. The van der Waals surface area contributed by atoms with Crippen molar-refractivity contribution >= 4 is 17.6 Å². The number of hydrogen-bond acceptors (Lipinski definition) is 6. The van der Waals surface area contributed by atoms with Gasteiger partial charge in [-0.25, -0.2) is 4.79 Å². The largest absolute Gasteiger partial charge is 0.497 e. The van der Waals surface area contributed by atoms with Gasteiger partial charge in [0.05, 0.1) is 25.9 Å². The fraction of sp³-hybridized carbons (Fsp3) is 0.300. The maximum Gasteiger partial charge on any atom is 0.338 e. The number of amides is 1. The summed E-state index contributed by atoms with van der Waals surface area (Å²) in [5.41, 5.74) is 0.857. The van der Waals surface area contributed by atoms with E-state index in [2.05, 4.69) is 5.32 Å². The Morgan fingerprint density at radius 2 is 1.59 bits per heavy atom. The second kappa shape index (κ2) is 10.1. The Bertz CT molecular complexity index is 773. The van der Waals surface area contributed by atoms with E-state index < -0.39 is 18.5 Å². The predicted molar refractivity (Wildman–Crippen MR) is 101 cm³/mol. The van der Waals surface area contributed by atoms with Crippen LogP contribution < -0.4 is 19.5 Å². The second-order valence-corrected chi connectivity index (χ2v) is 5.38. The van der Waals surface area contributed by atoms with Crippen LogP contribution in [0.2, 0.25) is 0 Å². The molecule has 0 aromatic heterocycles. The van der Waals surface area contributed by atoms with E-state index in [1.807, 2.05) is 13.8 Å². The van der Waals surface area contributed by atoms with E-state index in [0.29, 0.717) is 36.1 Å². The lowest BCUT2D eigenvalue weighted by Gasteiger charge is -2.12. The third kappa shape index (κ3) is 5.91. The number of carbonyl (C=O) groups excluding carboxylic acids is 2. The average molecular weight is 373 g/mol. The number of methoxy groups -OCH3 is 1. The summed E-state index contributed by atoms with van der Waals surface area (Å²) in [6.45, 7) is 4.21. The van der Waals surface area contributed by atoms with Crippen LogP contribution in [0.3, 0.4) is 0 Å². The fourth-order valence-electron chi connectivity index (χ4n) is 2.26. The Hall–Kier alpha value is -3.22. The second-order valence-electron chi connectivity index (χ2n) is 5.38. The third-order valence-corrected chi connectivity index (χ3v) is 3.49. The van der Waals surface area contributed by atoms with Crippen LogP contribution in [-0.4, -0.2) is 38.8 Å². The Morgan fingerprint density at radius 3 is 2.22 bits per heavy atom. The summed E-state index contributed by atoms with van der Waals surface area (Å²) >= 11 is 0. The molecule has 0 radical (unpaired) electrons. The van der Waals surface area contributed by atoms with E-state index in [-0.39, 0.29) is 5.56 Å². The Kier molecular flexibility index (Phi) is 7.49. The Morgan fingerprint density at radius 1 is 0.926 bits per heavy atom. The number of esters is 1. The van der Waals surface area contributed by atoms with E-state index in [0.717, 1.165) is 0 Å². The third-order valence-electron chi connectivity index (χ3n) is 3.49. The molecule has 0 aliphatic rings. The number of ether oxygens (including phenoxy) is 4. The van der Waals surface area contributed by atoms with Gasteiger partial charge < -0.3 is 24.3 Å². The lowest BCUT2D eigenvalue weighted by atomic mass is 10.2. The van der Waals surface area contributed by atoms with Gasteiger partial charge in [-0.2, -0.15) is 0 Å². The summed E-state index contributed by atoms with van der Waals surface area (Å²) in [4.78, 5) is 24.1. The molecule has 1 N–H and O–H groups in total. The first-order valence-electron chi connectivity index (χ1n) is 8.58. The molecule has 0 spiro atoms. The minimum atomic E-state index is -0.621. The maximum atomic E-state index is 12.2. The molecule has 0 aliphatic carbocycles. The molecule has 1 amide bonds. The van der Waals surface area contributed by atoms with E-state index in [9.17, 15) is 9.59 Å². The molecule has 0 atom stereocenters. The zero-order valence-electron chi connectivity index (χ0n) is 15.6. The Labute approximate surface area is 158 Å². The molecule has 2 aromatic rings. The molecule has 0 aliphatic heterocycles. The highest BCUT2D eigenvalue weighted by Gasteiger charge is 2.14. The van der Waals surface area contributed by atoms with E-state index in [4.69, 9.17) is 18.9 Å². The lowest BCUT2D eigenvalue weighted by molar-refractivity contribution is -0.119. The van der Waals surface area contributed by atoms with E-state index in [1.165, 1.54) is 6.07 Å². The summed E-state index contributed by atoms with van der Waals surface area (Å²) in [7, 11) is 1.56. The molecule has 0 unspecified atom stereocenters. The van der Waals surface area contributed by atoms with Crippen LogP contribution in [-0.2, 0) is 9.53 Å². The van der Waals surface area contributed by atoms with Crippen LogP contribution >= 0.6 is 0 Å². The van der Waals surface area contributed by atoms with Crippen LogP contribution in [0.25, 0.3) is 0 Å². The van der Waals surface area contributed by atoms with Crippen molar-refractivity contribution in [3.8, 4) is 17.2 Å². The number of carbonyl (C=O) groups is 2. The quantitative estimate of drug-likeness (QED) is 0.679. The first-order chi connectivity index (χ1) is 13.1. The molecule has 27 heavy (non-hydrogen) atoms. The number of rotatable bonds is 9. The SMILES string of the molecule is CCOc1ccc(C(=O)OCC(=O)Nc2ccc(OC)cc2)cc1OCC. The normalized spacial score (nSPS) is 10.0. The molecule has 144 valence electrons. The number of hydrogen-bond donors (Lipinski definition) is 1. The fourth-order valence-corrected chi connectivity index (χ4v) is 2.26. The van der Waals surface area contributed by atoms with Gasteiger partial charge in [-0.3, -0.25) is 4.79 Å². The van der Waals surface area contributed by atoms with Crippen LogP contribution in [0, 0.1) is 0 Å². The Balaban J connectivity index is 1.93. The number of anilines is 1. The van der Waals surface area contributed by atoms with Gasteiger partial charge in [0.15, 0.2) is 18.1 Å². The van der Waals surface area contributed by atoms with Gasteiger partial charge in [0, 0.05) is 5.69 Å². The number of benzene rings is 2. The molecule has 0 saturated heterocycles. The summed E-state index contributed by atoms with van der Waals surface area (Å²) in [6.07, 6.45) is 0. The van der Waals surface area contributed by atoms with Crippen molar-refractivity contribution in [1.82, 2.24) is 0 Å². The minimum absolute atomic E-state index is 0.277. The molecule has 0 fully saturated rings. The van der Waals surface area contributed by atoms with Crippen molar-refractivity contribution in [3.05, 3.63) is 48.0 Å². The van der Waals surface area contributed by atoms with Crippen molar-refractivity contribution in [3.63, 3.8) is 0 Å².